The summed E-state index contributed by atoms with van der Waals surface area (Å²) < 4.78 is 57.1. The van der Waals surface area contributed by atoms with Gasteiger partial charge in [0.2, 0.25) is 5.69 Å². The minimum absolute atomic E-state index is 0.0548. The molecule has 9 heteroatoms. The third-order valence-corrected chi connectivity index (χ3v) is 2.84. The first-order valence-electron chi connectivity index (χ1n) is 5.99. The van der Waals surface area contributed by atoms with Gasteiger partial charge in [0, 0.05) is 7.05 Å². The van der Waals surface area contributed by atoms with Gasteiger partial charge in [-0.15, -0.1) is 0 Å². The molecule has 0 aliphatic carbocycles. The normalized spacial score (nSPS) is 11.4. The number of benzene rings is 1. The Morgan fingerprint density at radius 2 is 1.95 bits per heavy atom. The Hall–Kier alpha value is -2.58. The van der Waals surface area contributed by atoms with Crippen molar-refractivity contribution in [3.8, 4) is 5.75 Å². The molecule has 5 nitrogen and oxygen atoms in total. The van der Waals surface area contributed by atoms with Crippen molar-refractivity contribution in [3.63, 3.8) is 0 Å². The topological polar surface area (TPSA) is 56.1 Å². The molecule has 1 N–H and O–H groups in total. The quantitative estimate of drug-likeness (QED) is 0.886. The molecular weight excluding hydrogens is 306 g/mol. The molecule has 0 saturated carbocycles. The number of amides is 1. The maximum atomic E-state index is 13.8. The number of methoxy groups -OCH3 is 1. The van der Waals surface area contributed by atoms with Crippen molar-refractivity contribution in [2.75, 3.05) is 12.4 Å². The summed E-state index contributed by atoms with van der Waals surface area (Å²) in [7, 11) is 2.43. The van der Waals surface area contributed by atoms with Crippen LogP contribution in [0.1, 0.15) is 16.1 Å². The summed E-state index contributed by atoms with van der Waals surface area (Å²) in [4.78, 5) is 12.1. The molecule has 0 aliphatic rings. The number of halogens is 4. The van der Waals surface area contributed by atoms with Crippen molar-refractivity contribution in [1.29, 1.82) is 0 Å². The Labute approximate surface area is 122 Å². The van der Waals surface area contributed by atoms with E-state index < -0.39 is 29.4 Å². The van der Waals surface area contributed by atoms with Crippen LogP contribution in [-0.4, -0.2) is 22.8 Å². The Kier molecular flexibility index (Phi) is 4.07. The molecule has 0 saturated heterocycles. The molecule has 0 bridgehead atoms. The van der Waals surface area contributed by atoms with Gasteiger partial charge in [0.25, 0.3) is 5.91 Å². The molecule has 0 unspecified atom stereocenters. The number of aromatic nitrogens is 2. The third kappa shape index (κ3) is 2.87. The minimum atomic E-state index is -4.95. The summed E-state index contributed by atoms with van der Waals surface area (Å²) in [5.74, 6) is -2.92. The summed E-state index contributed by atoms with van der Waals surface area (Å²) >= 11 is 0. The van der Waals surface area contributed by atoms with Crippen molar-refractivity contribution in [2.45, 2.75) is 6.18 Å². The van der Waals surface area contributed by atoms with E-state index in [0.29, 0.717) is 4.68 Å². The van der Waals surface area contributed by atoms with Crippen molar-refractivity contribution in [3.05, 3.63) is 41.3 Å². The van der Waals surface area contributed by atoms with Gasteiger partial charge in [-0.3, -0.25) is 4.79 Å². The SMILES string of the molecule is COc1ccccc1C(=O)Nc1c(F)c(C(F)(F)F)nn1C. The first-order chi connectivity index (χ1) is 10.3. The second-order valence-electron chi connectivity index (χ2n) is 4.29. The van der Waals surface area contributed by atoms with E-state index in [9.17, 15) is 22.4 Å². The number of ether oxygens (including phenoxy) is 1. The molecule has 2 aromatic rings. The van der Waals surface area contributed by atoms with E-state index in [4.69, 9.17) is 4.74 Å². The van der Waals surface area contributed by atoms with Crippen LogP contribution in [-0.2, 0) is 13.2 Å². The maximum Gasteiger partial charge on any atom is 0.438 e. The lowest BCUT2D eigenvalue weighted by molar-refractivity contribution is -0.143. The van der Waals surface area contributed by atoms with Crippen LogP contribution in [0.3, 0.4) is 0 Å². The summed E-state index contributed by atoms with van der Waals surface area (Å²) in [6, 6.07) is 6.04. The number of aryl methyl sites for hydroxylation is 1. The number of carbonyl (C=O) groups excluding carboxylic acids is 1. The molecule has 22 heavy (non-hydrogen) atoms. The summed E-state index contributed by atoms with van der Waals surface area (Å²) in [5.41, 5.74) is -1.63. The Morgan fingerprint density at radius 3 is 2.50 bits per heavy atom. The van der Waals surface area contributed by atoms with Crippen LogP contribution in [0, 0.1) is 5.82 Å². The van der Waals surface area contributed by atoms with E-state index >= 15 is 0 Å². The maximum absolute atomic E-state index is 13.8. The molecule has 1 aromatic heterocycles. The van der Waals surface area contributed by atoms with Crippen LogP contribution < -0.4 is 10.1 Å². The Balaban J connectivity index is 2.35. The zero-order valence-corrected chi connectivity index (χ0v) is 11.5. The second-order valence-corrected chi connectivity index (χ2v) is 4.29. The van der Waals surface area contributed by atoms with Gasteiger partial charge in [-0.05, 0) is 12.1 Å². The van der Waals surface area contributed by atoms with Gasteiger partial charge < -0.3 is 10.1 Å². The summed E-state index contributed by atoms with van der Waals surface area (Å²) in [6.45, 7) is 0. The molecule has 0 spiro atoms. The summed E-state index contributed by atoms with van der Waals surface area (Å²) in [5, 5.41) is 5.11. The van der Waals surface area contributed by atoms with Crippen LogP contribution in [0.15, 0.2) is 24.3 Å². The van der Waals surface area contributed by atoms with Gasteiger partial charge in [0.15, 0.2) is 11.6 Å². The van der Waals surface area contributed by atoms with Gasteiger partial charge in [0.1, 0.15) is 5.75 Å². The smallest absolute Gasteiger partial charge is 0.438 e. The predicted molar refractivity (Wildman–Crippen MR) is 69.1 cm³/mol. The number of carbonyl (C=O) groups is 1. The average molecular weight is 317 g/mol. The van der Waals surface area contributed by atoms with Gasteiger partial charge in [0.05, 0.1) is 12.7 Å². The third-order valence-electron chi connectivity index (χ3n) is 2.84. The average Bonchev–Trinajstić information content (AvgIpc) is 2.75. The molecular formula is C13H11F4N3O2. The highest BCUT2D eigenvalue weighted by Crippen LogP contribution is 2.33. The molecule has 0 atom stereocenters. The molecule has 118 valence electrons. The van der Waals surface area contributed by atoms with Gasteiger partial charge in [-0.25, -0.2) is 9.07 Å². The van der Waals surface area contributed by atoms with Crippen molar-refractivity contribution in [1.82, 2.24) is 9.78 Å². The number of nitrogens with zero attached hydrogens (tertiary/aromatic N) is 2. The van der Waals surface area contributed by atoms with Crippen molar-refractivity contribution >= 4 is 11.7 Å². The lowest BCUT2D eigenvalue weighted by Crippen LogP contribution is -2.16. The fourth-order valence-electron chi connectivity index (χ4n) is 1.82. The number of para-hydroxylation sites is 1. The standard InChI is InChI=1S/C13H11F4N3O2/c1-20-11(9(14)10(19-20)13(15,16)17)18-12(21)7-5-3-4-6-8(7)22-2/h3-6H,1-2H3,(H,18,21). The van der Waals surface area contributed by atoms with Gasteiger partial charge >= 0.3 is 6.18 Å². The highest BCUT2D eigenvalue weighted by Gasteiger charge is 2.40. The van der Waals surface area contributed by atoms with E-state index in [1.54, 1.807) is 6.07 Å². The van der Waals surface area contributed by atoms with Crippen LogP contribution in [0.2, 0.25) is 0 Å². The monoisotopic (exact) mass is 317 g/mol. The second kappa shape index (κ2) is 5.66. The number of anilines is 1. The van der Waals surface area contributed by atoms with Gasteiger partial charge in [-0.2, -0.15) is 18.3 Å². The number of alkyl halides is 3. The highest BCUT2D eigenvalue weighted by atomic mass is 19.4. The zero-order valence-electron chi connectivity index (χ0n) is 11.5. The van der Waals surface area contributed by atoms with Crippen LogP contribution in [0.25, 0.3) is 0 Å². The number of nitrogens with one attached hydrogen (secondary N) is 1. The van der Waals surface area contributed by atoms with Crippen molar-refractivity contribution < 1.29 is 27.1 Å². The fraction of sp³-hybridized carbons (Fsp3) is 0.231. The fourth-order valence-corrected chi connectivity index (χ4v) is 1.82. The Bertz CT molecular complexity index is 710. The zero-order chi connectivity index (χ0) is 16.5. The predicted octanol–water partition coefficient (Wildman–Crippen LogP) is 2.84. The first kappa shape index (κ1) is 15.8. The van der Waals surface area contributed by atoms with E-state index in [2.05, 4.69) is 10.4 Å². The van der Waals surface area contributed by atoms with Crippen LogP contribution in [0.4, 0.5) is 23.4 Å². The largest absolute Gasteiger partial charge is 0.496 e. The molecule has 2 rings (SSSR count). The van der Waals surface area contributed by atoms with Crippen LogP contribution in [0.5, 0.6) is 5.75 Å². The molecule has 1 heterocycles. The van der Waals surface area contributed by atoms with E-state index in [-0.39, 0.29) is 11.3 Å². The molecule has 0 radical (unpaired) electrons. The number of hydrogen-bond acceptors (Lipinski definition) is 3. The summed E-state index contributed by atoms with van der Waals surface area (Å²) in [6.07, 6.45) is -4.95. The lowest BCUT2D eigenvalue weighted by atomic mass is 10.2. The molecule has 1 aromatic carbocycles. The molecule has 0 aliphatic heterocycles. The van der Waals surface area contributed by atoms with E-state index in [1.807, 2.05) is 0 Å². The molecule has 1 amide bonds. The van der Waals surface area contributed by atoms with Crippen LogP contribution >= 0.6 is 0 Å². The number of rotatable bonds is 3. The van der Waals surface area contributed by atoms with E-state index in [1.165, 1.54) is 25.3 Å². The Morgan fingerprint density at radius 1 is 1.32 bits per heavy atom. The van der Waals surface area contributed by atoms with E-state index in [0.717, 1.165) is 7.05 Å². The number of hydrogen-bond donors (Lipinski definition) is 1. The van der Waals surface area contributed by atoms with Gasteiger partial charge in [-0.1, -0.05) is 12.1 Å². The first-order valence-corrected chi connectivity index (χ1v) is 5.99. The minimum Gasteiger partial charge on any atom is -0.496 e. The molecule has 0 fully saturated rings. The highest BCUT2D eigenvalue weighted by molar-refractivity contribution is 6.05. The van der Waals surface area contributed by atoms with Crippen molar-refractivity contribution in [2.24, 2.45) is 7.05 Å². The lowest BCUT2D eigenvalue weighted by Gasteiger charge is -2.09.